The van der Waals surface area contributed by atoms with Crippen LogP contribution in [0.4, 0.5) is 0 Å². The van der Waals surface area contributed by atoms with E-state index >= 15 is 0 Å². The number of carbonyl (C=O) groups is 1. The third-order valence-corrected chi connectivity index (χ3v) is 4.54. The molecule has 2 atom stereocenters. The third kappa shape index (κ3) is 5.30. The van der Waals surface area contributed by atoms with Crippen LogP contribution in [0, 0.1) is 0 Å². The summed E-state index contributed by atoms with van der Waals surface area (Å²) >= 11 is 0. The van der Waals surface area contributed by atoms with Crippen molar-refractivity contribution in [3.8, 4) is 0 Å². The molecule has 5 nitrogen and oxygen atoms in total. The number of ether oxygens (including phenoxy) is 1. The van der Waals surface area contributed by atoms with Crippen molar-refractivity contribution in [1.82, 2.24) is 15.5 Å². The normalized spacial score (nSPS) is 25.9. The first kappa shape index (κ1) is 16.4. The van der Waals surface area contributed by atoms with E-state index in [4.69, 9.17) is 4.74 Å². The first-order chi connectivity index (χ1) is 11.3. The van der Waals surface area contributed by atoms with Gasteiger partial charge in [-0.2, -0.15) is 0 Å². The molecule has 23 heavy (non-hydrogen) atoms. The van der Waals surface area contributed by atoms with Crippen molar-refractivity contribution in [3.05, 3.63) is 35.9 Å². The van der Waals surface area contributed by atoms with Crippen molar-refractivity contribution in [2.45, 2.75) is 38.0 Å². The van der Waals surface area contributed by atoms with Crippen molar-refractivity contribution in [3.63, 3.8) is 0 Å². The second-order valence-electron chi connectivity index (χ2n) is 6.53. The fourth-order valence-corrected chi connectivity index (χ4v) is 3.40. The maximum absolute atomic E-state index is 12.2. The van der Waals surface area contributed by atoms with Crippen LogP contribution in [0.3, 0.4) is 0 Å². The molecular formula is C18H27N3O2. The van der Waals surface area contributed by atoms with E-state index in [1.165, 1.54) is 5.56 Å². The topological polar surface area (TPSA) is 53.6 Å². The number of hydrogen-bond acceptors (Lipinski definition) is 4. The van der Waals surface area contributed by atoms with Crippen LogP contribution in [0.1, 0.15) is 24.8 Å². The van der Waals surface area contributed by atoms with Crippen molar-refractivity contribution in [2.24, 2.45) is 0 Å². The van der Waals surface area contributed by atoms with Crippen molar-refractivity contribution in [1.29, 1.82) is 0 Å². The largest absolute Gasteiger partial charge is 0.375 e. The minimum Gasteiger partial charge on any atom is -0.375 e. The number of rotatable bonds is 5. The molecule has 2 unspecified atom stereocenters. The Kier molecular flexibility index (Phi) is 6.02. The van der Waals surface area contributed by atoms with Gasteiger partial charge < -0.3 is 15.4 Å². The van der Waals surface area contributed by atoms with Gasteiger partial charge in [0.15, 0.2) is 0 Å². The van der Waals surface area contributed by atoms with Gasteiger partial charge in [-0.25, -0.2) is 0 Å². The molecule has 2 saturated heterocycles. The Morgan fingerprint density at radius 3 is 3.00 bits per heavy atom. The van der Waals surface area contributed by atoms with E-state index in [9.17, 15) is 4.79 Å². The number of piperidine rings is 1. The highest BCUT2D eigenvalue weighted by Gasteiger charge is 2.23. The van der Waals surface area contributed by atoms with Gasteiger partial charge in [0.1, 0.15) is 0 Å². The zero-order valence-electron chi connectivity index (χ0n) is 13.7. The number of benzene rings is 1. The average Bonchev–Trinajstić information content (AvgIpc) is 2.57. The zero-order valence-corrected chi connectivity index (χ0v) is 13.7. The molecule has 0 saturated carbocycles. The smallest absolute Gasteiger partial charge is 0.222 e. The van der Waals surface area contributed by atoms with E-state index in [-0.39, 0.29) is 18.1 Å². The molecule has 1 amide bonds. The molecule has 1 aromatic carbocycles. The molecule has 2 N–H and O–H groups in total. The molecular weight excluding hydrogens is 290 g/mol. The second-order valence-corrected chi connectivity index (χ2v) is 6.53. The van der Waals surface area contributed by atoms with E-state index < -0.39 is 0 Å². The lowest BCUT2D eigenvalue weighted by Gasteiger charge is -2.33. The number of morpholine rings is 1. The number of hydrogen-bond donors (Lipinski definition) is 2. The molecule has 5 heteroatoms. The molecule has 3 rings (SSSR count). The number of nitrogens with one attached hydrogen (secondary N) is 2. The van der Waals surface area contributed by atoms with Crippen molar-refractivity contribution < 1.29 is 9.53 Å². The molecule has 2 aliphatic rings. The maximum Gasteiger partial charge on any atom is 0.222 e. The van der Waals surface area contributed by atoms with Gasteiger partial charge in [0.25, 0.3) is 0 Å². The lowest BCUT2D eigenvalue weighted by Crippen LogP contribution is -2.49. The first-order valence-corrected chi connectivity index (χ1v) is 8.67. The summed E-state index contributed by atoms with van der Waals surface area (Å²) in [5.74, 6) is 0.116. The van der Waals surface area contributed by atoms with E-state index in [0.717, 1.165) is 45.6 Å². The van der Waals surface area contributed by atoms with Gasteiger partial charge in [-0.3, -0.25) is 9.69 Å². The summed E-state index contributed by atoms with van der Waals surface area (Å²) in [5, 5.41) is 6.46. The summed E-state index contributed by atoms with van der Waals surface area (Å²) in [4.78, 5) is 14.6. The zero-order chi connectivity index (χ0) is 15.9. The summed E-state index contributed by atoms with van der Waals surface area (Å²) in [7, 11) is 0. The van der Waals surface area contributed by atoms with Gasteiger partial charge in [0.2, 0.25) is 5.91 Å². The summed E-state index contributed by atoms with van der Waals surface area (Å²) in [6.07, 6.45) is 2.69. The van der Waals surface area contributed by atoms with Crippen LogP contribution in [0.15, 0.2) is 30.3 Å². The minimum absolute atomic E-state index is 0.0211. The van der Waals surface area contributed by atoms with E-state index in [1.807, 2.05) is 6.07 Å². The molecule has 126 valence electrons. The Labute approximate surface area is 138 Å². The number of carbonyl (C=O) groups excluding carboxylic acids is 1. The standard InChI is InChI=1S/C18H27N3O2/c22-18(11-17-12-19-8-10-23-17)20-16-7-4-9-21(14-16)13-15-5-2-1-3-6-15/h1-3,5-6,16-17,19H,4,7-14H2,(H,20,22). The van der Waals surface area contributed by atoms with Crippen LogP contribution in [0.5, 0.6) is 0 Å². The van der Waals surface area contributed by atoms with Crippen LogP contribution in [-0.2, 0) is 16.1 Å². The van der Waals surface area contributed by atoms with Crippen molar-refractivity contribution in [2.75, 3.05) is 32.8 Å². The number of likely N-dealkylation sites (tertiary alicyclic amines) is 1. The summed E-state index contributed by atoms with van der Waals surface area (Å²) in [6, 6.07) is 10.8. The number of amides is 1. The molecule has 0 aromatic heterocycles. The van der Waals surface area contributed by atoms with Crippen LogP contribution in [0.2, 0.25) is 0 Å². The Hall–Kier alpha value is -1.43. The summed E-state index contributed by atoms with van der Waals surface area (Å²) in [5.41, 5.74) is 1.33. The van der Waals surface area contributed by atoms with Crippen LogP contribution in [0.25, 0.3) is 0 Å². The molecule has 1 aromatic rings. The van der Waals surface area contributed by atoms with Gasteiger partial charge in [0.05, 0.1) is 19.1 Å². The molecule has 0 spiro atoms. The predicted octanol–water partition coefficient (Wildman–Crippen LogP) is 1.15. The highest BCUT2D eigenvalue weighted by Crippen LogP contribution is 2.14. The summed E-state index contributed by atoms with van der Waals surface area (Å²) in [6.45, 7) is 5.36. The fourth-order valence-electron chi connectivity index (χ4n) is 3.40. The van der Waals surface area contributed by atoms with Gasteiger partial charge in [0, 0.05) is 32.2 Å². The lowest BCUT2D eigenvalue weighted by molar-refractivity contribution is -0.125. The van der Waals surface area contributed by atoms with Crippen LogP contribution < -0.4 is 10.6 Å². The second kappa shape index (κ2) is 8.43. The molecule has 0 bridgehead atoms. The van der Waals surface area contributed by atoms with Gasteiger partial charge in [-0.05, 0) is 24.9 Å². The third-order valence-electron chi connectivity index (χ3n) is 4.54. The SMILES string of the molecule is O=C(CC1CNCCO1)NC1CCCN(Cc2ccccc2)C1. The summed E-state index contributed by atoms with van der Waals surface area (Å²) < 4.78 is 5.60. The lowest BCUT2D eigenvalue weighted by atomic mass is 10.0. The van der Waals surface area contributed by atoms with E-state index in [0.29, 0.717) is 13.0 Å². The fraction of sp³-hybridized carbons (Fsp3) is 0.611. The molecule has 2 aliphatic heterocycles. The first-order valence-electron chi connectivity index (χ1n) is 8.67. The van der Waals surface area contributed by atoms with E-state index in [1.54, 1.807) is 0 Å². The van der Waals surface area contributed by atoms with Crippen LogP contribution >= 0.6 is 0 Å². The van der Waals surface area contributed by atoms with Crippen LogP contribution in [-0.4, -0.2) is 55.7 Å². The van der Waals surface area contributed by atoms with Crippen molar-refractivity contribution >= 4 is 5.91 Å². The Bertz CT molecular complexity index is 488. The number of nitrogens with zero attached hydrogens (tertiary/aromatic N) is 1. The van der Waals surface area contributed by atoms with E-state index in [2.05, 4.69) is 39.8 Å². The highest BCUT2D eigenvalue weighted by atomic mass is 16.5. The Morgan fingerprint density at radius 2 is 2.22 bits per heavy atom. The van der Waals surface area contributed by atoms with Gasteiger partial charge in [-0.1, -0.05) is 30.3 Å². The maximum atomic E-state index is 12.2. The minimum atomic E-state index is 0.0211. The Balaban J connectivity index is 1.43. The van der Waals surface area contributed by atoms with Gasteiger partial charge >= 0.3 is 0 Å². The predicted molar refractivity (Wildman–Crippen MR) is 90.1 cm³/mol. The highest BCUT2D eigenvalue weighted by molar-refractivity contribution is 5.76. The Morgan fingerprint density at radius 1 is 1.35 bits per heavy atom. The average molecular weight is 317 g/mol. The monoisotopic (exact) mass is 317 g/mol. The molecule has 0 radical (unpaired) electrons. The quantitative estimate of drug-likeness (QED) is 0.855. The molecule has 2 fully saturated rings. The van der Waals surface area contributed by atoms with Gasteiger partial charge in [-0.15, -0.1) is 0 Å². The molecule has 0 aliphatic carbocycles. The molecule has 2 heterocycles.